The first-order valence-electron chi connectivity index (χ1n) is 9.78. The van der Waals surface area contributed by atoms with E-state index < -0.39 is 9.84 Å². The van der Waals surface area contributed by atoms with Gasteiger partial charge in [-0.15, -0.1) is 12.4 Å². The maximum absolute atomic E-state index is 11.6. The van der Waals surface area contributed by atoms with Crippen LogP contribution in [0.5, 0.6) is 0 Å². The lowest BCUT2D eigenvalue weighted by Gasteiger charge is -2.14. The number of halogens is 1. The van der Waals surface area contributed by atoms with Gasteiger partial charge in [-0.2, -0.15) is 0 Å². The van der Waals surface area contributed by atoms with E-state index in [1.165, 1.54) is 6.26 Å². The Bertz CT molecular complexity index is 1070. The molecule has 0 fully saturated rings. The van der Waals surface area contributed by atoms with Gasteiger partial charge in [0.15, 0.2) is 9.84 Å². The number of nitrogens with two attached hydrogens (primary N) is 1. The highest BCUT2D eigenvalue weighted by atomic mass is 35.5. The quantitative estimate of drug-likeness (QED) is 0.546. The van der Waals surface area contributed by atoms with Crippen LogP contribution in [-0.4, -0.2) is 25.7 Å². The van der Waals surface area contributed by atoms with Crippen molar-refractivity contribution < 1.29 is 12.8 Å². The molecule has 0 bridgehead atoms. The van der Waals surface area contributed by atoms with Crippen LogP contribution in [0, 0.1) is 12.8 Å². The van der Waals surface area contributed by atoms with Crippen molar-refractivity contribution in [3.8, 4) is 22.6 Å². The van der Waals surface area contributed by atoms with Gasteiger partial charge in [-0.25, -0.2) is 13.4 Å². The van der Waals surface area contributed by atoms with Crippen LogP contribution in [0.25, 0.3) is 22.6 Å². The lowest BCUT2D eigenvalue weighted by atomic mass is 9.99. The Morgan fingerprint density at radius 2 is 1.47 bits per heavy atom. The van der Waals surface area contributed by atoms with Gasteiger partial charge >= 0.3 is 0 Å². The summed E-state index contributed by atoms with van der Waals surface area (Å²) in [5, 5.41) is 0. The molecule has 3 aromatic rings. The standard InChI is InChI=1S/C23H28N2O3S.ClH/c1-15(2)21(24)13-14-22-16(3)28-23(25-22)19-7-5-17(6-8-19)18-9-11-20(12-10-18)29(4,26)27;/h5-12,15,21H,13-14,24H2,1-4H3;1H. The SMILES string of the molecule is Cc1oc(-c2ccc(-c3ccc(S(C)(=O)=O)cc3)cc2)nc1CCC(N)C(C)C.Cl. The molecule has 1 atom stereocenters. The Kier molecular flexibility index (Phi) is 7.86. The maximum Gasteiger partial charge on any atom is 0.226 e. The van der Waals surface area contributed by atoms with Crippen LogP contribution >= 0.6 is 12.4 Å². The van der Waals surface area contributed by atoms with E-state index in [-0.39, 0.29) is 18.4 Å². The van der Waals surface area contributed by atoms with Crippen molar-refractivity contribution in [1.29, 1.82) is 0 Å². The molecule has 0 radical (unpaired) electrons. The van der Waals surface area contributed by atoms with Crippen LogP contribution in [0.3, 0.4) is 0 Å². The molecule has 0 aliphatic heterocycles. The Balaban J connectivity index is 0.00000320. The number of nitrogens with zero attached hydrogens (tertiary/aromatic N) is 1. The second-order valence-corrected chi connectivity index (χ2v) is 9.86. The number of aromatic nitrogens is 1. The molecule has 1 unspecified atom stereocenters. The van der Waals surface area contributed by atoms with Gasteiger partial charge in [0, 0.05) is 17.9 Å². The van der Waals surface area contributed by atoms with Crippen molar-refractivity contribution >= 4 is 22.2 Å². The third kappa shape index (κ3) is 5.72. The zero-order valence-corrected chi connectivity index (χ0v) is 19.4. The topological polar surface area (TPSA) is 86.2 Å². The summed E-state index contributed by atoms with van der Waals surface area (Å²) >= 11 is 0. The molecule has 2 N–H and O–H groups in total. The highest BCUT2D eigenvalue weighted by molar-refractivity contribution is 7.90. The fraction of sp³-hybridized carbons (Fsp3) is 0.348. The van der Waals surface area contributed by atoms with Gasteiger partial charge in [-0.1, -0.05) is 38.1 Å². The molecule has 7 heteroatoms. The average molecular weight is 449 g/mol. The highest BCUT2D eigenvalue weighted by Gasteiger charge is 2.14. The van der Waals surface area contributed by atoms with Crippen molar-refractivity contribution in [3.63, 3.8) is 0 Å². The molecule has 2 aromatic carbocycles. The van der Waals surface area contributed by atoms with E-state index in [0.717, 1.165) is 41.0 Å². The summed E-state index contributed by atoms with van der Waals surface area (Å²) in [5.41, 5.74) is 9.96. The summed E-state index contributed by atoms with van der Waals surface area (Å²) in [6.07, 6.45) is 2.90. The van der Waals surface area contributed by atoms with Crippen molar-refractivity contribution in [1.82, 2.24) is 4.98 Å². The molecule has 3 rings (SSSR count). The van der Waals surface area contributed by atoms with E-state index in [1.807, 2.05) is 43.3 Å². The minimum absolute atomic E-state index is 0. The number of hydrogen-bond acceptors (Lipinski definition) is 5. The molecule has 0 amide bonds. The van der Waals surface area contributed by atoms with Gasteiger partial charge in [-0.3, -0.25) is 0 Å². The molecular formula is C23H29ClN2O3S. The summed E-state index contributed by atoms with van der Waals surface area (Å²) in [4.78, 5) is 4.98. The van der Waals surface area contributed by atoms with Gasteiger partial charge in [0.1, 0.15) is 5.76 Å². The second kappa shape index (κ2) is 9.77. The van der Waals surface area contributed by atoms with E-state index in [9.17, 15) is 8.42 Å². The average Bonchev–Trinajstić information content (AvgIpc) is 3.06. The number of benzene rings is 2. The molecule has 0 aliphatic rings. The van der Waals surface area contributed by atoms with Gasteiger partial charge in [0.05, 0.1) is 10.6 Å². The Labute approximate surface area is 185 Å². The van der Waals surface area contributed by atoms with Crippen LogP contribution in [0.1, 0.15) is 31.7 Å². The third-order valence-electron chi connectivity index (χ3n) is 5.21. The minimum Gasteiger partial charge on any atom is -0.441 e. The smallest absolute Gasteiger partial charge is 0.226 e. The molecule has 5 nitrogen and oxygen atoms in total. The predicted octanol–water partition coefficient (Wildman–Crippen LogP) is 5.06. The zero-order chi connectivity index (χ0) is 21.2. The first-order chi connectivity index (χ1) is 13.6. The molecule has 0 spiro atoms. The number of hydrogen-bond donors (Lipinski definition) is 1. The Morgan fingerprint density at radius 3 is 1.97 bits per heavy atom. The van der Waals surface area contributed by atoms with E-state index >= 15 is 0 Å². The molecule has 0 aliphatic carbocycles. The largest absolute Gasteiger partial charge is 0.441 e. The van der Waals surface area contributed by atoms with Crippen molar-refractivity contribution in [2.24, 2.45) is 11.7 Å². The van der Waals surface area contributed by atoms with Crippen molar-refractivity contribution in [3.05, 3.63) is 60.0 Å². The van der Waals surface area contributed by atoms with Gasteiger partial charge in [-0.05, 0) is 61.1 Å². The summed E-state index contributed by atoms with van der Waals surface area (Å²) in [6, 6.07) is 14.9. The molecule has 0 saturated heterocycles. The molecule has 1 heterocycles. The van der Waals surface area contributed by atoms with Gasteiger partial charge in [0.25, 0.3) is 0 Å². The Morgan fingerprint density at radius 1 is 0.967 bits per heavy atom. The summed E-state index contributed by atoms with van der Waals surface area (Å²) < 4.78 is 29.1. The minimum atomic E-state index is -3.19. The number of aryl methyl sites for hydroxylation is 2. The monoisotopic (exact) mass is 448 g/mol. The number of sulfone groups is 1. The zero-order valence-electron chi connectivity index (χ0n) is 17.8. The molecule has 0 saturated carbocycles. The summed E-state index contributed by atoms with van der Waals surface area (Å²) in [5.74, 6) is 1.88. The molecule has 1 aromatic heterocycles. The lowest BCUT2D eigenvalue weighted by Crippen LogP contribution is -2.26. The van der Waals surface area contributed by atoms with Crippen LogP contribution in [0.4, 0.5) is 0 Å². The first kappa shape index (κ1) is 24.1. The first-order valence-corrected chi connectivity index (χ1v) is 11.7. The van der Waals surface area contributed by atoms with Gasteiger partial charge in [0.2, 0.25) is 5.89 Å². The summed E-state index contributed by atoms with van der Waals surface area (Å²) in [6.45, 7) is 6.19. The van der Waals surface area contributed by atoms with E-state index in [1.54, 1.807) is 12.1 Å². The highest BCUT2D eigenvalue weighted by Crippen LogP contribution is 2.27. The normalized spacial score (nSPS) is 12.6. The summed E-state index contributed by atoms with van der Waals surface area (Å²) in [7, 11) is -3.19. The van der Waals surface area contributed by atoms with E-state index in [4.69, 9.17) is 10.2 Å². The van der Waals surface area contributed by atoms with Crippen molar-refractivity contribution in [2.75, 3.05) is 6.26 Å². The van der Waals surface area contributed by atoms with Crippen molar-refractivity contribution in [2.45, 2.75) is 44.6 Å². The predicted molar refractivity (Wildman–Crippen MR) is 124 cm³/mol. The number of oxazole rings is 1. The van der Waals surface area contributed by atoms with E-state index in [2.05, 4.69) is 18.8 Å². The molecular weight excluding hydrogens is 420 g/mol. The third-order valence-corrected chi connectivity index (χ3v) is 6.34. The molecule has 30 heavy (non-hydrogen) atoms. The lowest BCUT2D eigenvalue weighted by molar-refractivity contribution is 0.461. The fourth-order valence-corrected chi connectivity index (χ4v) is 3.75. The Hall–Kier alpha value is -2.15. The van der Waals surface area contributed by atoms with Crippen LogP contribution < -0.4 is 5.73 Å². The fourth-order valence-electron chi connectivity index (χ4n) is 3.12. The van der Waals surface area contributed by atoms with Gasteiger partial charge < -0.3 is 10.2 Å². The second-order valence-electron chi connectivity index (χ2n) is 7.84. The van der Waals surface area contributed by atoms with E-state index in [0.29, 0.717) is 16.7 Å². The maximum atomic E-state index is 11.6. The van der Waals surface area contributed by atoms with Crippen LogP contribution in [0.15, 0.2) is 57.8 Å². The number of rotatable bonds is 7. The molecule has 162 valence electrons. The van der Waals surface area contributed by atoms with Crippen LogP contribution in [0.2, 0.25) is 0 Å². The van der Waals surface area contributed by atoms with Crippen LogP contribution in [-0.2, 0) is 16.3 Å².